The van der Waals surface area contributed by atoms with E-state index in [4.69, 9.17) is 4.74 Å². The van der Waals surface area contributed by atoms with Gasteiger partial charge in [0.1, 0.15) is 17.8 Å². The van der Waals surface area contributed by atoms with Gasteiger partial charge in [0.2, 0.25) is 0 Å². The van der Waals surface area contributed by atoms with Crippen LogP contribution < -0.4 is 19.7 Å². The minimum atomic E-state index is -4.76. The number of amides is 2. The summed E-state index contributed by atoms with van der Waals surface area (Å²) in [7, 11) is 1.65. The quantitative estimate of drug-likeness (QED) is 0.201. The first-order valence-electron chi connectivity index (χ1n) is 14.4. The summed E-state index contributed by atoms with van der Waals surface area (Å²) < 4.78 is 48.1. The van der Waals surface area contributed by atoms with E-state index in [1.807, 2.05) is 49.4 Å². The largest absolute Gasteiger partial charge is 0.573 e. The number of aliphatic imine (C=N–C) groups is 1. The molecule has 1 aromatic heterocycles. The first-order chi connectivity index (χ1) is 21.5. The van der Waals surface area contributed by atoms with Gasteiger partial charge in [-0.05, 0) is 65.9 Å². The molecule has 45 heavy (non-hydrogen) atoms. The molecule has 236 valence electrons. The van der Waals surface area contributed by atoms with Crippen LogP contribution in [0.25, 0.3) is 17.1 Å². The summed E-state index contributed by atoms with van der Waals surface area (Å²) in [6.45, 7) is 7.00. The second-order valence-electron chi connectivity index (χ2n) is 10.6. The van der Waals surface area contributed by atoms with Crippen molar-refractivity contribution in [2.45, 2.75) is 45.5 Å². The molecule has 0 aliphatic carbocycles. The number of anilines is 1. The highest BCUT2D eigenvalue weighted by molar-refractivity contribution is 8.14. The summed E-state index contributed by atoms with van der Waals surface area (Å²) >= 11 is 1.55. The summed E-state index contributed by atoms with van der Waals surface area (Å²) in [6, 6.07) is 18.2. The van der Waals surface area contributed by atoms with Crippen molar-refractivity contribution in [3.63, 3.8) is 0 Å². The molecule has 0 saturated carbocycles. The van der Waals surface area contributed by atoms with Gasteiger partial charge in [-0.3, -0.25) is 0 Å². The monoisotopic (exact) mass is 638 g/mol. The Bertz CT molecular complexity index is 1660. The molecule has 1 unspecified atom stereocenters. The Labute approximate surface area is 263 Å². The van der Waals surface area contributed by atoms with Crippen molar-refractivity contribution in [2.24, 2.45) is 4.99 Å². The smallest absolute Gasteiger partial charge is 0.497 e. The Hall–Kier alpha value is -4.52. The first kappa shape index (κ1) is 31.9. The number of thioether (sulfide) groups is 1. The maximum atomic E-state index is 13.1. The van der Waals surface area contributed by atoms with Gasteiger partial charge in [0, 0.05) is 23.5 Å². The third-order valence-corrected chi connectivity index (χ3v) is 8.18. The zero-order valence-electron chi connectivity index (χ0n) is 25.2. The topological polar surface area (TPSA) is 93.9 Å². The molecule has 0 bridgehead atoms. The molecule has 2 heterocycles. The number of carbonyl (C=O) groups excluding carboxylic acids is 1. The maximum Gasteiger partial charge on any atom is 0.573 e. The van der Waals surface area contributed by atoms with Crippen molar-refractivity contribution in [1.82, 2.24) is 20.1 Å². The molecule has 9 nitrogen and oxygen atoms in total. The number of methoxy groups -OCH3 is 1. The van der Waals surface area contributed by atoms with Crippen LogP contribution in [0.4, 0.5) is 23.7 Å². The second kappa shape index (κ2) is 13.6. The number of urea groups is 1. The molecule has 0 radical (unpaired) electrons. The second-order valence-corrected chi connectivity index (χ2v) is 11.6. The van der Waals surface area contributed by atoms with Crippen molar-refractivity contribution in [3.05, 3.63) is 84.2 Å². The number of nitrogens with zero attached hydrogens (tertiary/aromatic N) is 5. The van der Waals surface area contributed by atoms with E-state index in [-0.39, 0.29) is 17.7 Å². The lowest BCUT2D eigenvalue weighted by atomic mass is 10.00. The van der Waals surface area contributed by atoms with Gasteiger partial charge in [0.15, 0.2) is 11.0 Å². The van der Waals surface area contributed by atoms with Gasteiger partial charge in [-0.2, -0.15) is 4.99 Å². The number of amidine groups is 1. The molecule has 1 atom stereocenters. The number of benzene rings is 3. The average molecular weight is 639 g/mol. The zero-order valence-corrected chi connectivity index (χ0v) is 26.0. The molecular weight excluding hydrogens is 605 g/mol. The number of hydrogen-bond acceptors (Lipinski definition) is 6. The maximum absolute atomic E-state index is 13.1. The van der Waals surface area contributed by atoms with Crippen molar-refractivity contribution < 1.29 is 27.4 Å². The predicted octanol–water partition coefficient (Wildman–Crippen LogP) is 7.74. The van der Waals surface area contributed by atoms with E-state index < -0.39 is 12.4 Å². The van der Waals surface area contributed by atoms with Gasteiger partial charge in [-0.25, -0.2) is 14.5 Å². The lowest BCUT2D eigenvalue weighted by molar-refractivity contribution is -0.274. The molecular formula is C32H33F3N6O3S. The molecule has 5 rings (SSSR count). The fraction of sp³-hybridized carbons (Fsp3) is 0.312. The summed E-state index contributed by atoms with van der Waals surface area (Å²) in [5, 5.41) is 8.15. The summed E-state index contributed by atoms with van der Waals surface area (Å²) in [6.07, 6.45) is -2.62. The highest BCUT2D eigenvalue weighted by Gasteiger charge is 2.31. The van der Waals surface area contributed by atoms with Crippen LogP contribution in [0.5, 0.6) is 11.5 Å². The highest BCUT2D eigenvalue weighted by Crippen LogP contribution is 2.35. The molecule has 2 amide bonds. The SMILES string of the molecule is CCC(NC(=O)N=C1SCCN1c1ccc(OC)cc1C(C)C)c1ccc(-c2ncn(-c3ccc(OC(F)(F)F)cc3)n2)cc1. The molecule has 1 aliphatic heterocycles. The third-order valence-electron chi connectivity index (χ3n) is 7.23. The van der Waals surface area contributed by atoms with E-state index in [1.165, 1.54) is 35.3 Å². The number of ether oxygens (including phenoxy) is 2. The van der Waals surface area contributed by atoms with E-state index in [2.05, 4.69) is 43.9 Å². The van der Waals surface area contributed by atoms with Crippen LogP contribution in [-0.4, -0.2) is 51.7 Å². The predicted molar refractivity (Wildman–Crippen MR) is 169 cm³/mol. The summed E-state index contributed by atoms with van der Waals surface area (Å²) in [5.41, 5.74) is 4.33. The normalized spacial score (nSPS) is 15.0. The van der Waals surface area contributed by atoms with Gasteiger partial charge in [-0.15, -0.1) is 18.3 Å². The zero-order chi connectivity index (χ0) is 32.1. The molecule has 3 aromatic carbocycles. The number of nitrogens with one attached hydrogen (secondary N) is 1. The molecule has 1 N–H and O–H groups in total. The van der Waals surface area contributed by atoms with Crippen LogP contribution in [0.1, 0.15) is 50.3 Å². The van der Waals surface area contributed by atoms with Crippen molar-refractivity contribution in [1.29, 1.82) is 0 Å². The number of rotatable bonds is 9. The van der Waals surface area contributed by atoms with E-state index in [1.54, 1.807) is 18.9 Å². The minimum absolute atomic E-state index is 0.258. The minimum Gasteiger partial charge on any atom is -0.497 e. The molecule has 4 aromatic rings. The Morgan fingerprint density at radius 3 is 2.42 bits per heavy atom. The van der Waals surface area contributed by atoms with Crippen LogP contribution >= 0.6 is 11.8 Å². The van der Waals surface area contributed by atoms with Crippen LogP contribution in [0.3, 0.4) is 0 Å². The van der Waals surface area contributed by atoms with E-state index in [0.717, 1.165) is 40.4 Å². The number of carbonyl (C=O) groups is 1. The van der Waals surface area contributed by atoms with Crippen LogP contribution in [0.2, 0.25) is 0 Å². The standard InChI is InChI=1S/C32H33F3N6O3S/c1-5-27(37-30(42)38-31-40(16-17-45-31)28-15-14-25(43-4)18-26(28)20(2)3)21-6-8-22(9-7-21)29-36-19-41(39-29)23-10-12-24(13-11-23)44-32(33,34)35/h6-15,18-20,27H,5,16-17H2,1-4H3,(H,37,42). The average Bonchev–Trinajstić information content (AvgIpc) is 3.69. The van der Waals surface area contributed by atoms with E-state index >= 15 is 0 Å². The van der Waals surface area contributed by atoms with Gasteiger partial charge in [-0.1, -0.05) is 56.8 Å². The van der Waals surface area contributed by atoms with Crippen molar-refractivity contribution in [2.75, 3.05) is 24.3 Å². The van der Waals surface area contributed by atoms with Gasteiger partial charge >= 0.3 is 12.4 Å². The van der Waals surface area contributed by atoms with Gasteiger partial charge in [0.25, 0.3) is 0 Å². The number of aromatic nitrogens is 3. The van der Waals surface area contributed by atoms with Crippen LogP contribution in [0, 0.1) is 0 Å². The number of hydrogen-bond donors (Lipinski definition) is 1. The van der Waals surface area contributed by atoms with Gasteiger partial charge in [0.05, 0.1) is 18.8 Å². The van der Waals surface area contributed by atoms with Crippen molar-refractivity contribution >= 4 is 28.6 Å². The summed E-state index contributed by atoms with van der Waals surface area (Å²) in [4.78, 5) is 24.0. The van der Waals surface area contributed by atoms with Gasteiger partial charge < -0.3 is 19.7 Å². The molecule has 1 fully saturated rings. The fourth-order valence-corrected chi connectivity index (χ4v) is 5.91. The Morgan fingerprint density at radius 1 is 1.07 bits per heavy atom. The summed E-state index contributed by atoms with van der Waals surface area (Å²) in [5.74, 6) is 2.01. The molecule has 1 aliphatic rings. The number of halogens is 3. The van der Waals surface area contributed by atoms with E-state index in [0.29, 0.717) is 23.1 Å². The van der Waals surface area contributed by atoms with Crippen LogP contribution in [-0.2, 0) is 0 Å². The Kier molecular flexibility index (Phi) is 9.66. The molecule has 1 saturated heterocycles. The highest BCUT2D eigenvalue weighted by atomic mass is 32.2. The fourth-order valence-electron chi connectivity index (χ4n) is 4.96. The Morgan fingerprint density at radius 2 is 1.78 bits per heavy atom. The van der Waals surface area contributed by atoms with Crippen LogP contribution in [0.15, 0.2) is 78.0 Å². The Balaban J connectivity index is 1.26. The molecule has 13 heteroatoms. The number of alkyl halides is 3. The third kappa shape index (κ3) is 7.77. The van der Waals surface area contributed by atoms with E-state index in [9.17, 15) is 18.0 Å². The first-order valence-corrected chi connectivity index (χ1v) is 15.4. The van der Waals surface area contributed by atoms with Crippen molar-refractivity contribution in [3.8, 4) is 28.6 Å². The lowest BCUT2D eigenvalue weighted by Gasteiger charge is -2.24. The lowest BCUT2D eigenvalue weighted by Crippen LogP contribution is -2.30. The molecule has 0 spiro atoms.